The zero-order valence-corrected chi connectivity index (χ0v) is 12.6. The summed E-state index contributed by atoms with van der Waals surface area (Å²) in [4.78, 5) is 12.9. The van der Waals surface area contributed by atoms with Gasteiger partial charge in [-0.2, -0.15) is 9.97 Å². The third-order valence-electron chi connectivity index (χ3n) is 3.14. The van der Waals surface area contributed by atoms with E-state index in [1.807, 2.05) is 30.3 Å². The maximum Gasteiger partial charge on any atom is 0.230 e. The van der Waals surface area contributed by atoms with Gasteiger partial charge in [0.15, 0.2) is 0 Å². The highest BCUT2D eigenvalue weighted by atomic mass is 15.3. The minimum atomic E-state index is 0.411. The van der Waals surface area contributed by atoms with E-state index in [0.29, 0.717) is 24.1 Å². The van der Waals surface area contributed by atoms with Crippen molar-refractivity contribution < 1.29 is 0 Å². The molecule has 0 saturated heterocycles. The molecule has 21 heavy (non-hydrogen) atoms. The van der Waals surface area contributed by atoms with Gasteiger partial charge in [-0.15, -0.1) is 0 Å². The number of hydrogen-bond donors (Lipinski definition) is 2. The molecule has 0 radical (unpaired) electrons. The lowest BCUT2D eigenvalue weighted by Gasteiger charge is -2.12. The van der Waals surface area contributed by atoms with Crippen LogP contribution in [0, 0.1) is 0 Å². The van der Waals surface area contributed by atoms with Crippen LogP contribution in [-0.2, 0) is 6.54 Å². The summed E-state index contributed by atoms with van der Waals surface area (Å²) in [6.07, 6.45) is 2.19. The number of nitrogens with two attached hydrogens (primary N) is 1. The van der Waals surface area contributed by atoms with Gasteiger partial charge in [-0.25, -0.2) is 0 Å². The van der Waals surface area contributed by atoms with Crippen LogP contribution in [0.2, 0.25) is 0 Å². The molecule has 2 aromatic rings. The molecule has 0 unspecified atom stereocenters. The number of aromatic nitrogens is 3. The van der Waals surface area contributed by atoms with Crippen LogP contribution in [0.15, 0.2) is 35.3 Å². The minimum Gasteiger partial charge on any atom is -0.369 e. The van der Waals surface area contributed by atoms with Gasteiger partial charge in [-0.3, -0.25) is 9.56 Å². The standard InChI is InChI=1S/C15H22N6/c1-3-4-10-18-14-19-13(16)21(15(17-2)20-14)11-12-8-6-5-7-9-12/h5-9H,3-4,10-11H2,1-2H3,(H3,16,17,18,19,20). The molecule has 1 aromatic heterocycles. The molecule has 0 atom stereocenters. The third kappa shape index (κ3) is 4.05. The number of rotatable bonds is 6. The molecule has 0 aliphatic rings. The Morgan fingerprint density at radius 3 is 2.67 bits per heavy atom. The highest BCUT2D eigenvalue weighted by molar-refractivity contribution is 5.31. The molecule has 1 aromatic carbocycles. The van der Waals surface area contributed by atoms with Crippen molar-refractivity contribution in [3.05, 3.63) is 41.5 Å². The molecule has 0 amide bonds. The van der Waals surface area contributed by atoms with Crippen molar-refractivity contribution in [3.8, 4) is 0 Å². The molecule has 3 N–H and O–H groups in total. The largest absolute Gasteiger partial charge is 0.369 e. The van der Waals surface area contributed by atoms with Crippen LogP contribution < -0.4 is 16.7 Å². The highest BCUT2D eigenvalue weighted by Crippen LogP contribution is 2.05. The van der Waals surface area contributed by atoms with Gasteiger partial charge < -0.3 is 11.1 Å². The Morgan fingerprint density at radius 2 is 2.00 bits per heavy atom. The summed E-state index contributed by atoms with van der Waals surface area (Å²) in [5, 5.41) is 3.18. The predicted molar refractivity (Wildman–Crippen MR) is 84.9 cm³/mol. The second-order valence-corrected chi connectivity index (χ2v) is 4.78. The lowest BCUT2D eigenvalue weighted by atomic mass is 10.2. The van der Waals surface area contributed by atoms with Gasteiger partial charge in [0, 0.05) is 13.6 Å². The van der Waals surface area contributed by atoms with Crippen molar-refractivity contribution in [2.75, 3.05) is 24.6 Å². The molecule has 0 bridgehead atoms. The van der Waals surface area contributed by atoms with Crippen LogP contribution in [0.3, 0.4) is 0 Å². The van der Waals surface area contributed by atoms with E-state index in [2.05, 4.69) is 27.2 Å². The van der Waals surface area contributed by atoms with E-state index in [1.165, 1.54) is 0 Å². The van der Waals surface area contributed by atoms with Gasteiger partial charge in [0.1, 0.15) is 0 Å². The van der Waals surface area contributed by atoms with E-state index < -0.39 is 0 Å². The summed E-state index contributed by atoms with van der Waals surface area (Å²) in [6, 6.07) is 10.1. The van der Waals surface area contributed by atoms with Gasteiger partial charge in [0.25, 0.3) is 0 Å². The summed E-state index contributed by atoms with van der Waals surface area (Å²) in [5.41, 5.74) is 7.77. The van der Waals surface area contributed by atoms with E-state index in [0.717, 1.165) is 24.9 Å². The van der Waals surface area contributed by atoms with Crippen molar-refractivity contribution in [3.63, 3.8) is 0 Å². The molecular weight excluding hydrogens is 264 g/mol. The van der Waals surface area contributed by atoms with E-state index in [-0.39, 0.29) is 0 Å². The highest BCUT2D eigenvalue weighted by Gasteiger charge is 2.06. The summed E-state index contributed by atoms with van der Waals surface area (Å²) in [6.45, 7) is 3.58. The molecule has 0 fully saturated rings. The number of anilines is 2. The van der Waals surface area contributed by atoms with Gasteiger partial charge >= 0.3 is 0 Å². The van der Waals surface area contributed by atoms with Crippen molar-refractivity contribution >= 4 is 11.9 Å². The molecule has 112 valence electrons. The molecule has 0 spiro atoms. The molecular formula is C15H22N6. The predicted octanol–water partition coefficient (Wildman–Crippen LogP) is 1.65. The third-order valence-corrected chi connectivity index (χ3v) is 3.14. The number of benzene rings is 1. The summed E-state index contributed by atoms with van der Waals surface area (Å²) < 4.78 is 1.81. The maximum absolute atomic E-state index is 6.06. The van der Waals surface area contributed by atoms with Crippen LogP contribution in [0.1, 0.15) is 25.3 Å². The zero-order chi connectivity index (χ0) is 15.1. The Kier molecular flexibility index (Phi) is 5.31. The fourth-order valence-electron chi connectivity index (χ4n) is 2.00. The van der Waals surface area contributed by atoms with E-state index in [4.69, 9.17) is 5.73 Å². The maximum atomic E-state index is 6.06. The molecule has 2 rings (SSSR count). The SMILES string of the molecule is CCCCNc1nc(N)n(Cc2ccccc2)c(=NC)n1. The number of nitrogens with zero attached hydrogens (tertiary/aromatic N) is 4. The average Bonchev–Trinajstić information content (AvgIpc) is 2.51. The second kappa shape index (κ2) is 7.42. The number of nitrogens with one attached hydrogen (secondary N) is 1. The van der Waals surface area contributed by atoms with Gasteiger partial charge in [0.05, 0.1) is 6.54 Å². The number of unbranched alkanes of at least 4 members (excludes halogenated alkanes) is 1. The first-order chi connectivity index (χ1) is 10.2. The van der Waals surface area contributed by atoms with Crippen molar-refractivity contribution in [1.29, 1.82) is 0 Å². The quantitative estimate of drug-likeness (QED) is 0.791. The minimum absolute atomic E-state index is 0.411. The lowest BCUT2D eigenvalue weighted by Crippen LogP contribution is -2.30. The Bertz CT molecular complexity index is 632. The molecule has 1 heterocycles. The summed E-state index contributed by atoms with van der Waals surface area (Å²) >= 11 is 0. The zero-order valence-electron chi connectivity index (χ0n) is 12.6. The fraction of sp³-hybridized carbons (Fsp3) is 0.400. The lowest BCUT2D eigenvalue weighted by molar-refractivity contribution is 0.692. The topological polar surface area (TPSA) is 81.1 Å². The van der Waals surface area contributed by atoms with Crippen LogP contribution in [0.25, 0.3) is 0 Å². The first-order valence-corrected chi connectivity index (χ1v) is 7.19. The van der Waals surface area contributed by atoms with Crippen LogP contribution >= 0.6 is 0 Å². The van der Waals surface area contributed by atoms with Crippen molar-refractivity contribution in [2.24, 2.45) is 4.99 Å². The summed E-state index contributed by atoms with van der Waals surface area (Å²) in [7, 11) is 1.71. The average molecular weight is 286 g/mol. The molecule has 6 heteroatoms. The molecule has 0 aliphatic heterocycles. The number of hydrogen-bond acceptors (Lipinski definition) is 5. The monoisotopic (exact) mass is 286 g/mol. The van der Waals surface area contributed by atoms with Gasteiger partial charge in [-0.1, -0.05) is 43.7 Å². The van der Waals surface area contributed by atoms with E-state index in [9.17, 15) is 0 Å². The van der Waals surface area contributed by atoms with Gasteiger partial charge in [-0.05, 0) is 12.0 Å². The van der Waals surface area contributed by atoms with Crippen molar-refractivity contribution in [2.45, 2.75) is 26.3 Å². The Labute approximate surface area is 124 Å². The summed E-state index contributed by atoms with van der Waals surface area (Å²) in [5.74, 6) is 0.944. The second-order valence-electron chi connectivity index (χ2n) is 4.78. The first-order valence-electron chi connectivity index (χ1n) is 7.19. The Hall–Kier alpha value is -2.37. The van der Waals surface area contributed by atoms with Gasteiger partial charge in [0.2, 0.25) is 17.5 Å². The fourth-order valence-corrected chi connectivity index (χ4v) is 2.00. The normalized spacial score (nSPS) is 11.6. The van der Waals surface area contributed by atoms with Crippen LogP contribution in [-0.4, -0.2) is 28.1 Å². The Morgan fingerprint density at radius 1 is 1.24 bits per heavy atom. The molecule has 0 aliphatic carbocycles. The number of nitrogen functional groups attached to an aromatic ring is 1. The van der Waals surface area contributed by atoms with Crippen LogP contribution in [0.4, 0.5) is 11.9 Å². The molecule has 0 saturated carbocycles. The Balaban J connectivity index is 2.26. The van der Waals surface area contributed by atoms with Crippen molar-refractivity contribution in [1.82, 2.24) is 14.5 Å². The molecule has 6 nitrogen and oxygen atoms in total. The smallest absolute Gasteiger partial charge is 0.230 e. The first kappa shape index (κ1) is 15.0. The van der Waals surface area contributed by atoms with E-state index in [1.54, 1.807) is 11.6 Å². The van der Waals surface area contributed by atoms with Crippen LogP contribution in [0.5, 0.6) is 0 Å². The van der Waals surface area contributed by atoms with E-state index >= 15 is 0 Å².